The van der Waals surface area contributed by atoms with E-state index in [0.29, 0.717) is 71.3 Å². The molecule has 0 spiro atoms. The Balaban J connectivity index is 0.000000107. The maximum Gasteiger partial charge on any atom is 0.242 e. The van der Waals surface area contributed by atoms with Crippen molar-refractivity contribution in [3.8, 4) is 35.3 Å². The average molecular weight is 1460 g/mol. The molecule has 0 saturated heterocycles. The first-order valence-corrected chi connectivity index (χ1v) is 36.2. The third kappa shape index (κ3) is 15.3. The van der Waals surface area contributed by atoms with Crippen molar-refractivity contribution in [1.29, 1.82) is 0 Å². The number of fused-ring (bicyclic) bond motifs is 4. The molecule has 0 amide bonds. The molecule has 4 aliphatic rings. The minimum Gasteiger partial charge on any atom is -0.497 e. The Bertz CT molecular complexity index is 6060. The zero-order valence-corrected chi connectivity index (χ0v) is 60.5. The molecular formula is C80H76N28O2. The summed E-state index contributed by atoms with van der Waals surface area (Å²) >= 11 is 0. The number of nitrogen functional groups attached to an aromatic ring is 4. The second-order valence-electron chi connectivity index (χ2n) is 27.2. The number of methoxy groups -OCH3 is 2. The number of nitrogens with two attached hydrogens (primary N) is 4. The lowest BCUT2D eigenvalue weighted by Crippen LogP contribution is -2.11. The van der Waals surface area contributed by atoms with E-state index in [1.807, 2.05) is 226 Å². The molecule has 30 heteroatoms. The van der Waals surface area contributed by atoms with Crippen LogP contribution in [0.5, 0.6) is 11.5 Å². The van der Waals surface area contributed by atoms with Crippen LogP contribution in [-0.2, 0) is 0 Å². The molecule has 548 valence electrons. The van der Waals surface area contributed by atoms with Gasteiger partial charge in [-0.2, -0.15) is 59.8 Å². The van der Waals surface area contributed by atoms with Crippen LogP contribution in [0.4, 0.5) is 70.3 Å². The molecule has 20 rings (SSSR count). The van der Waals surface area contributed by atoms with E-state index in [0.717, 1.165) is 159 Å². The van der Waals surface area contributed by atoms with Crippen LogP contribution in [0, 0.1) is 13.8 Å². The molecule has 0 radical (unpaired) electrons. The molecule has 8 heterocycles. The lowest BCUT2D eigenvalue weighted by molar-refractivity contribution is 0.415. The van der Waals surface area contributed by atoms with Gasteiger partial charge in [-0.3, -0.25) is 18.3 Å². The molecule has 110 heavy (non-hydrogen) atoms. The Labute approximate surface area is 630 Å². The van der Waals surface area contributed by atoms with Crippen molar-refractivity contribution < 1.29 is 9.47 Å². The fourth-order valence-electron chi connectivity index (χ4n) is 12.9. The standard InChI is InChI=1S/2C20H19N7O.2C20H19N7/c1-28-14-6-4-5-13(11-14)22-19-24-18(21)25-20(26-19)27-16-8-3-2-7-15(16)23-17(27)12-9-10-12;1-28-14-10-8-13(9-11-14)22-19-24-18(21)25-20(26-19)27-16-5-3-2-4-15(16)23-17(27)12-6-7-12;1-12-5-4-6-14(11-12)22-19-24-18(21)25-20(26-19)27-16-8-3-2-7-15(16)23-17(27)13-9-10-13;1-12-6-10-14(11-7-12)22-19-24-18(21)25-20(26-19)27-16-5-3-2-4-15(16)23-17(27)13-8-9-13/h2-8,11-12H,9-10H2,1H3,(H3,21,22,24,25,26);2-5,8-12H,6-7H2,1H3,(H3,21,22,24,25,26);2-8,11,13H,9-10H2,1H3,(H3,21,22,24,25,26);2-7,10-11,13H,8-9H2,1H3,(H3,21,22,24,25,26). The molecule has 0 aliphatic heterocycles. The van der Waals surface area contributed by atoms with E-state index in [1.165, 1.54) is 5.56 Å². The first-order chi connectivity index (χ1) is 53.8. The van der Waals surface area contributed by atoms with E-state index < -0.39 is 0 Å². The summed E-state index contributed by atoms with van der Waals surface area (Å²) in [6.07, 6.45) is 9.05. The van der Waals surface area contributed by atoms with Crippen molar-refractivity contribution in [1.82, 2.24) is 98.0 Å². The summed E-state index contributed by atoms with van der Waals surface area (Å²) in [5.41, 5.74) is 37.4. The van der Waals surface area contributed by atoms with Crippen molar-refractivity contribution in [3.05, 3.63) is 229 Å². The molecule has 0 bridgehead atoms. The van der Waals surface area contributed by atoms with Gasteiger partial charge in [0, 0.05) is 52.5 Å². The lowest BCUT2D eigenvalue weighted by atomic mass is 10.2. The van der Waals surface area contributed by atoms with Gasteiger partial charge in [-0.15, -0.1) is 0 Å². The quantitative estimate of drug-likeness (QED) is 0.0395. The third-order valence-electron chi connectivity index (χ3n) is 18.7. The summed E-state index contributed by atoms with van der Waals surface area (Å²) in [6, 6.07) is 63.1. The first-order valence-electron chi connectivity index (χ1n) is 36.2. The molecular weight excluding hydrogens is 1390 g/mol. The largest absolute Gasteiger partial charge is 0.497 e. The number of hydrogen-bond donors (Lipinski definition) is 8. The number of nitrogens with one attached hydrogen (secondary N) is 4. The number of hydrogen-bond acceptors (Lipinski definition) is 26. The van der Waals surface area contributed by atoms with Gasteiger partial charge in [0.2, 0.25) is 71.4 Å². The molecule has 8 aromatic carbocycles. The van der Waals surface area contributed by atoms with Gasteiger partial charge in [0.15, 0.2) is 0 Å². The number of anilines is 12. The summed E-state index contributed by atoms with van der Waals surface area (Å²) < 4.78 is 18.4. The molecule has 0 unspecified atom stereocenters. The zero-order chi connectivity index (χ0) is 74.9. The monoisotopic (exact) mass is 1460 g/mol. The van der Waals surface area contributed by atoms with Gasteiger partial charge in [0.1, 0.15) is 34.8 Å². The van der Waals surface area contributed by atoms with E-state index in [4.69, 9.17) is 52.3 Å². The highest BCUT2D eigenvalue weighted by Crippen LogP contribution is 2.45. The van der Waals surface area contributed by atoms with Crippen LogP contribution in [0.2, 0.25) is 0 Å². The number of ether oxygens (including phenoxy) is 2. The Hall–Kier alpha value is -14.3. The highest BCUT2D eigenvalue weighted by atomic mass is 16.5. The Morgan fingerprint density at radius 1 is 0.282 bits per heavy atom. The Morgan fingerprint density at radius 3 is 0.900 bits per heavy atom. The van der Waals surface area contributed by atoms with Gasteiger partial charge in [-0.25, -0.2) is 19.9 Å². The minimum atomic E-state index is 0.148. The van der Waals surface area contributed by atoms with Crippen LogP contribution in [0.15, 0.2) is 194 Å². The predicted octanol–water partition coefficient (Wildman–Crippen LogP) is 14.3. The van der Waals surface area contributed by atoms with Gasteiger partial charge < -0.3 is 53.7 Å². The highest BCUT2D eigenvalue weighted by Gasteiger charge is 2.35. The van der Waals surface area contributed by atoms with Crippen LogP contribution in [0.3, 0.4) is 0 Å². The van der Waals surface area contributed by atoms with E-state index in [1.54, 1.807) is 14.2 Å². The first kappa shape index (κ1) is 68.8. The predicted molar refractivity (Wildman–Crippen MR) is 425 cm³/mol. The average Bonchev–Trinajstić information content (AvgIpc) is 1.62. The van der Waals surface area contributed by atoms with E-state index in [-0.39, 0.29) is 23.8 Å². The number of para-hydroxylation sites is 8. The van der Waals surface area contributed by atoms with Crippen molar-refractivity contribution in [2.24, 2.45) is 0 Å². The van der Waals surface area contributed by atoms with Crippen LogP contribution >= 0.6 is 0 Å². The number of rotatable bonds is 18. The molecule has 4 fully saturated rings. The maximum atomic E-state index is 6.00. The minimum absolute atomic E-state index is 0.148. The molecule has 4 aliphatic carbocycles. The van der Waals surface area contributed by atoms with E-state index >= 15 is 0 Å². The second kappa shape index (κ2) is 29.6. The summed E-state index contributed by atoms with van der Waals surface area (Å²) in [6.45, 7) is 4.09. The number of imidazole rings is 4. The number of benzene rings is 8. The molecule has 12 N–H and O–H groups in total. The molecule has 30 nitrogen and oxygen atoms in total. The smallest absolute Gasteiger partial charge is 0.242 e. The van der Waals surface area contributed by atoms with Crippen LogP contribution in [0.1, 0.15) is 109 Å². The van der Waals surface area contributed by atoms with E-state index in [2.05, 4.69) is 81.1 Å². The topological polar surface area (TPSA) is 397 Å². The van der Waals surface area contributed by atoms with Crippen molar-refractivity contribution in [2.45, 2.75) is 88.9 Å². The summed E-state index contributed by atoms with van der Waals surface area (Å²) in [7, 11) is 3.26. The van der Waals surface area contributed by atoms with Gasteiger partial charge in [0.05, 0.1) is 58.4 Å². The molecule has 16 aromatic rings. The highest BCUT2D eigenvalue weighted by molar-refractivity contribution is 5.81. The SMILES string of the molecule is COc1ccc(Nc2nc(N)nc(-n3c(C4CC4)nc4ccccc43)n2)cc1.COc1cccc(Nc2nc(N)nc(-n3c(C4CC4)nc4ccccc43)n2)c1.Cc1ccc(Nc2nc(N)nc(-n3c(C4CC4)nc4ccccc43)n2)cc1.Cc1cccc(Nc2nc(N)nc(-n3c(C4CC4)nc4ccccc43)n2)c1. The van der Waals surface area contributed by atoms with Gasteiger partial charge in [-0.1, -0.05) is 84.4 Å². The zero-order valence-electron chi connectivity index (χ0n) is 60.5. The Kier molecular flexibility index (Phi) is 18.5. The van der Waals surface area contributed by atoms with Crippen molar-refractivity contribution >= 4 is 114 Å². The normalized spacial score (nSPS) is 13.7. The number of aryl methyl sites for hydroxylation is 2. The molecule has 0 atom stereocenters. The van der Waals surface area contributed by atoms with Crippen molar-refractivity contribution in [3.63, 3.8) is 0 Å². The molecule has 8 aromatic heterocycles. The fourth-order valence-corrected chi connectivity index (χ4v) is 12.9. The van der Waals surface area contributed by atoms with Crippen molar-refractivity contribution in [2.75, 3.05) is 58.4 Å². The maximum absolute atomic E-state index is 6.00. The van der Waals surface area contributed by atoms with Gasteiger partial charge >= 0.3 is 0 Å². The van der Waals surface area contributed by atoms with Crippen LogP contribution in [0.25, 0.3) is 67.9 Å². The van der Waals surface area contributed by atoms with Crippen LogP contribution < -0.4 is 53.7 Å². The van der Waals surface area contributed by atoms with Gasteiger partial charge in [0.25, 0.3) is 0 Å². The summed E-state index contributed by atoms with van der Waals surface area (Å²) in [5.74, 6) is 11.4. The van der Waals surface area contributed by atoms with E-state index in [9.17, 15) is 0 Å². The lowest BCUT2D eigenvalue weighted by Gasteiger charge is -2.11. The summed E-state index contributed by atoms with van der Waals surface area (Å²) in [4.78, 5) is 72.2. The van der Waals surface area contributed by atoms with Gasteiger partial charge in [-0.05, 0) is 180 Å². The number of aromatic nitrogens is 20. The summed E-state index contributed by atoms with van der Waals surface area (Å²) in [5, 5.41) is 12.8. The molecule has 4 saturated carbocycles. The second-order valence-corrected chi connectivity index (χ2v) is 27.2. The fraction of sp³-hybridized carbons (Fsp3) is 0.200. The Morgan fingerprint density at radius 2 is 0.582 bits per heavy atom. The number of nitrogens with zero attached hydrogens (tertiary/aromatic N) is 20. The van der Waals surface area contributed by atoms with Crippen LogP contribution in [-0.4, -0.2) is 112 Å². The third-order valence-corrected chi connectivity index (χ3v) is 18.7.